The molecule has 1 amide bonds. The average Bonchev–Trinajstić information content (AvgIpc) is 2.52. The van der Waals surface area contributed by atoms with Crippen LogP contribution >= 0.6 is 0 Å². The Morgan fingerprint density at radius 3 is 2.77 bits per heavy atom. The third-order valence-electron chi connectivity index (χ3n) is 2.03. The first-order valence-electron chi connectivity index (χ1n) is 4.13. The van der Waals surface area contributed by atoms with Gasteiger partial charge >= 0.3 is 5.97 Å². The van der Waals surface area contributed by atoms with E-state index in [1.54, 1.807) is 6.92 Å². The van der Waals surface area contributed by atoms with Crippen LogP contribution in [-0.4, -0.2) is 34.5 Å². The van der Waals surface area contributed by atoms with Crippen molar-refractivity contribution < 1.29 is 14.7 Å². The van der Waals surface area contributed by atoms with Crippen molar-refractivity contribution in [2.45, 2.75) is 25.8 Å². The highest BCUT2D eigenvalue weighted by molar-refractivity contribution is 5.96. The molecule has 1 saturated heterocycles. The molecule has 0 spiro atoms. The first-order chi connectivity index (χ1) is 6.16. The second-order valence-electron chi connectivity index (χ2n) is 2.87. The molecule has 0 bridgehead atoms. The first-order valence-corrected chi connectivity index (χ1v) is 4.13. The molecular formula is C9H11NO3. The summed E-state index contributed by atoms with van der Waals surface area (Å²) >= 11 is 0. The van der Waals surface area contributed by atoms with Crippen LogP contribution < -0.4 is 0 Å². The molecule has 70 valence electrons. The van der Waals surface area contributed by atoms with E-state index in [1.807, 2.05) is 0 Å². The zero-order chi connectivity index (χ0) is 9.84. The third-order valence-corrected chi connectivity index (χ3v) is 2.03. The van der Waals surface area contributed by atoms with Gasteiger partial charge in [0.25, 0.3) is 5.91 Å². The number of aliphatic carboxylic acids is 1. The number of likely N-dealkylation sites (tertiary alicyclic amines) is 1. The van der Waals surface area contributed by atoms with Gasteiger partial charge in [-0.15, -0.1) is 0 Å². The van der Waals surface area contributed by atoms with Gasteiger partial charge in [0.1, 0.15) is 6.04 Å². The lowest BCUT2D eigenvalue weighted by atomic mass is 10.2. The number of hydrogen-bond acceptors (Lipinski definition) is 2. The van der Waals surface area contributed by atoms with Crippen molar-refractivity contribution in [1.82, 2.24) is 4.90 Å². The predicted molar refractivity (Wildman–Crippen MR) is 45.8 cm³/mol. The van der Waals surface area contributed by atoms with Crippen LogP contribution in [0.5, 0.6) is 0 Å². The molecule has 1 fully saturated rings. The SMILES string of the molecule is CC#CC(=O)N1CCC[C@@H]1C(=O)O. The number of carboxylic acids is 1. The lowest BCUT2D eigenvalue weighted by Gasteiger charge is -2.17. The summed E-state index contributed by atoms with van der Waals surface area (Å²) in [4.78, 5) is 23.2. The number of rotatable bonds is 1. The van der Waals surface area contributed by atoms with E-state index >= 15 is 0 Å². The van der Waals surface area contributed by atoms with Crippen molar-refractivity contribution in [3.05, 3.63) is 0 Å². The summed E-state index contributed by atoms with van der Waals surface area (Å²) in [6.07, 6.45) is 1.28. The highest BCUT2D eigenvalue weighted by Crippen LogP contribution is 2.16. The van der Waals surface area contributed by atoms with Crippen molar-refractivity contribution in [2.75, 3.05) is 6.54 Å². The van der Waals surface area contributed by atoms with Gasteiger partial charge in [-0.2, -0.15) is 0 Å². The highest BCUT2D eigenvalue weighted by Gasteiger charge is 2.32. The summed E-state index contributed by atoms with van der Waals surface area (Å²) in [5.41, 5.74) is 0. The molecule has 0 aliphatic carbocycles. The molecule has 1 atom stereocenters. The van der Waals surface area contributed by atoms with Gasteiger partial charge in [0.05, 0.1) is 0 Å². The van der Waals surface area contributed by atoms with Gasteiger partial charge in [0, 0.05) is 6.54 Å². The summed E-state index contributed by atoms with van der Waals surface area (Å²) < 4.78 is 0. The predicted octanol–water partition coefficient (Wildman–Crippen LogP) is 0.0853. The normalized spacial score (nSPS) is 20.7. The topological polar surface area (TPSA) is 57.6 Å². The third kappa shape index (κ3) is 2.00. The molecule has 1 heterocycles. The Balaban J connectivity index is 2.72. The van der Waals surface area contributed by atoms with E-state index in [2.05, 4.69) is 11.8 Å². The van der Waals surface area contributed by atoms with E-state index in [0.29, 0.717) is 13.0 Å². The summed E-state index contributed by atoms with van der Waals surface area (Å²) in [5, 5.41) is 8.76. The maximum atomic E-state index is 11.2. The van der Waals surface area contributed by atoms with E-state index in [0.717, 1.165) is 6.42 Å². The van der Waals surface area contributed by atoms with Crippen LogP contribution in [0.1, 0.15) is 19.8 Å². The molecule has 0 saturated carbocycles. The van der Waals surface area contributed by atoms with Crippen molar-refractivity contribution in [3.63, 3.8) is 0 Å². The maximum Gasteiger partial charge on any atom is 0.326 e. The molecule has 1 N–H and O–H groups in total. The van der Waals surface area contributed by atoms with E-state index in [-0.39, 0.29) is 5.91 Å². The smallest absolute Gasteiger partial charge is 0.326 e. The molecule has 4 nitrogen and oxygen atoms in total. The highest BCUT2D eigenvalue weighted by atomic mass is 16.4. The second-order valence-corrected chi connectivity index (χ2v) is 2.87. The minimum absolute atomic E-state index is 0.382. The number of carbonyl (C=O) groups excluding carboxylic acids is 1. The Bertz CT molecular complexity index is 287. The van der Waals surface area contributed by atoms with Crippen LogP contribution in [0.3, 0.4) is 0 Å². The number of carbonyl (C=O) groups is 2. The monoisotopic (exact) mass is 181 g/mol. The standard InChI is InChI=1S/C9H11NO3/c1-2-4-8(11)10-6-3-5-7(10)9(12)13/h7H,3,5-6H2,1H3,(H,12,13)/t7-/m1/s1. The molecule has 4 heteroatoms. The zero-order valence-electron chi connectivity index (χ0n) is 7.41. The molecular weight excluding hydrogens is 170 g/mol. The molecule has 0 unspecified atom stereocenters. The largest absolute Gasteiger partial charge is 0.480 e. The van der Waals surface area contributed by atoms with Crippen LogP contribution in [0.15, 0.2) is 0 Å². The number of carboxylic acid groups (broad SMARTS) is 1. The second kappa shape index (κ2) is 3.94. The van der Waals surface area contributed by atoms with Gasteiger partial charge in [-0.3, -0.25) is 4.79 Å². The van der Waals surface area contributed by atoms with Gasteiger partial charge in [0.2, 0.25) is 0 Å². The lowest BCUT2D eigenvalue weighted by molar-refractivity contribution is -0.146. The van der Waals surface area contributed by atoms with Crippen molar-refractivity contribution in [1.29, 1.82) is 0 Å². The summed E-state index contributed by atoms with van der Waals surface area (Å²) in [6, 6.07) is -0.673. The Labute approximate surface area is 76.5 Å². The van der Waals surface area contributed by atoms with Crippen LogP contribution in [0.2, 0.25) is 0 Å². The van der Waals surface area contributed by atoms with Crippen LogP contribution in [0.25, 0.3) is 0 Å². The van der Waals surface area contributed by atoms with Gasteiger partial charge in [-0.1, -0.05) is 5.92 Å². The molecule has 0 aromatic rings. The summed E-state index contributed by atoms with van der Waals surface area (Å²) in [7, 11) is 0. The van der Waals surface area contributed by atoms with Crippen molar-refractivity contribution >= 4 is 11.9 Å². The average molecular weight is 181 g/mol. The van der Waals surface area contributed by atoms with Gasteiger partial charge in [-0.05, 0) is 25.7 Å². The minimum atomic E-state index is -0.941. The number of nitrogens with zero attached hydrogens (tertiary/aromatic N) is 1. The van der Waals surface area contributed by atoms with E-state index in [4.69, 9.17) is 5.11 Å². The Morgan fingerprint density at radius 1 is 1.54 bits per heavy atom. The maximum absolute atomic E-state index is 11.2. The van der Waals surface area contributed by atoms with Crippen LogP contribution in [0.4, 0.5) is 0 Å². The molecule has 1 rings (SSSR count). The molecule has 1 aliphatic heterocycles. The molecule has 1 aliphatic rings. The zero-order valence-corrected chi connectivity index (χ0v) is 7.41. The Hall–Kier alpha value is -1.50. The van der Waals surface area contributed by atoms with Gasteiger partial charge in [0.15, 0.2) is 0 Å². The van der Waals surface area contributed by atoms with Crippen molar-refractivity contribution in [2.24, 2.45) is 0 Å². The van der Waals surface area contributed by atoms with Gasteiger partial charge in [-0.25, -0.2) is 4.79 Å². The quantitative estimate of drug-likeness (QED) is 0.583. The fourth-order valence-corrected chi connectivity index (χ4v) is 1.45. The van der Waals surface area contributed by atoms with Gasteiger partial charge < -0.3 is 10.0 Å². The molecule has 0 aromatic heterocycles. The van der Waals surface area contributed by atoms with E-state index in [9.17, 15) is 9.59 Å². The molecule has 13 heavy (non-hydrogen) atoms. The molecule has 0 aromatic carbocycles. The Morgan fingerprint density at radius 2 is 2.23 bits per heavy atom. The summed E-state index contributed by atoms with van der Waals surface area (Å²) in [6.45, 7) is 2.06. The minimum Gasteiger partial charge on any atom is -0.480 e. The fourth-order valence-electron chi connectivity index (χ4n) is 1.45. The number of hydrogen-bond donors (Lipinski definition) is 1. The first kappa shape index (κ1) is 9.59. The van der Waals surface area contributed by atoms with Crippen LogP contribution in [-0.2, 0) is 9.59 Å². The van der Waals surface area contributed by atoms with Crippen molar-refractivity contribution in [3.8, 4) is 11.8 Å². The summed E-state index contributed by atoms with van der Waals surface area (Å²) in [5.74, 6) is 3.49. The molecule has 0 radical (unpaired) electrons. The number of amides is 1. The van der Waals surface area contributed by atoms with Crippen LogP contribution in [0, 0.1) is 11.8 Å². The fraction of sp³-hybridized carbons (Fsp3) is 0.556. The van der Waals surface area contributed by atoms with E-state index < -0.39 is 12.0 Å². The lowest BCUT2D eigenvalue weighted by Crippen LogP contribution is -2.39. The Kier molecular flexibility index (Phi) is 2.91. The van der Waals surface area contributed by atoms with E-state index in [1.165, 1.54) is 4.90 Å².